The molecule has 0 saturated carbocycles. The first-order valence-corrected chi connectivity index (χ1v) is 10.8. The second kappa shape index (κ2) is 10.8. The number of nitrogens with one attached hydrogen (secondary N) is 1. The van der Waals surface area contributed by atoms with Gasteiger partial charge in [0.25, 0.3) is 5.91 Å². The minimum absolute atomic E-state index is 0.111. The van der Waals surface area contributed by atoms with E-state index < -0.39 is 11.9 Å². The zero-order valence-electron chi connectivity index (χ0n) is 18.9. The fraction of sp³-hybridized carbons (Fsp3) is 0.160. The fourth-order valence-electron chi connectivity index (χ4n) is 3.10. The second-order valence-electron chi connectivity index (χ2n) is 7.36. The number of esters is 1. The number of carbonyl (C=O) groups excluding carboxylic acids is 2. The molecule has 0 aromatic heterocycles. The number of ether oxygens (including phenoxy) is 5. The molecule has 0 aliphatic carbocycles. The maximum absolute atomic E-state index is 12.5. The van der Waals surface area contributed by atoms with Gasteiger partial charge in [-0.1, -0.05) is 11.6 Å². The van der Waals surface area contributed by atoms with Crippen LogP contribution in [0.2, 0.25) is 5.02 Å². The second-order valence-corrected chi connectivity index (χ2v) is 7.77. The van der Waals surface area contributed by atoms with Crippen molar-refractivity contribution in [3.8, 4) is 28.7 Å². The van der Waals surface area contributed by atoms with Gasteiger partial charge in [-0.15, -0.1) is 0 Å². The highest BCUT2D eigenvalue weighted by Gasteiger charge is 2.18. The van der Waals surface area contributed by atoms with E-state index in [-0.39, 0.29) is 19.1 Å². The van der Waals surface area contributed by atoms with Crippen LogP contribution >= 0.6 is 11.6 Å². The van der Waals surface area contributed by atoms with Crippen molar-refractivity contribution in [3.63, 3.8) is 0 Å². The first-order valence-electron chi connectivity index (χ1n) is 10.4. The predicted molar refractivity (Wildman–Crippen MR) is 128 cm³/mol. The van der Waals surface area contributed by atoms with Crippen molar-refractivity contribution in [3.05, 3.63) is 76.3 Å². The maximum Gasteiger partial charge on any atom is 0.343 e. The van der Waals surface area contributed by atoms with Crippen molar-refractivity contribution in [2.45, 2.75) is 6.92 Å². The molecule has 4 rings (SSSR count). The number of aryl methyl sites for hydroxylation is 1. The Morgan fingerprint density at radius 1 is 1.06 bits per heavy atom. The van der Waals surface area contributed by atoms with E-state index in [9.17, 15) is 9.59 Å². The Bertz CT molecular complexity index is 1290. The number of methoxy groups -OCH3 is 1. The first kappa shape index (κ1) is 23.9. The maximum atomic E-state index is 12.5. The van der Waals surface area contributed by atoms with Gasteiger partial charge >= 0.3 is 5.97 Å². The van der Waals surface area contributed by atoms with E-state index in [1.54, 1.807) is 54.6 Å². The molecule has 3 aromatic carbocycles. The van der Waals surface area contributed by atoms with Gasteiger partial charge in [0, 0.05) is 5.02 Å². The SMILES string of the molecule is COc1cc(/C=N/NC(=O)COc2ccc(Cl)c(C)c2)ccc1OC(=O)c1ccc2c(c1)OCO2. The number of halogens is 1. The Morgan fingerprint density at radius 3 is 2.69 bits per heavy atom. The molecule has 9 nitrogen and oxygen atoms in total. The summed E-state index contributed by atoms with van der Waals surface area (Å²) >= 11 is 5.98. The first-order chi connectivity index (χ1) is 16.9. The topological polar surface area (TPSA) is 105 Å². The molecule has 0 atom stereocenters. The third kappa shape index (κ3) is 6.01. The molecular formula is C25H21ClN2O7. The van der Waals surface area contributed by atoms with Gasteiger partial charge < -0.3 is 23.7 Å². The number of benzene rings is 3. The van der Waals surface area contributed by atoms with Crippen LogP contribution < -0.4 is 29.1 Å². The Morgan fingerprint density at radius 2 is 1.89 bits per heavy atom. The lowest BCUT2D eigenvalue weighted by atomic mass is 10.2. The van der Waals surface area contributed by atoms with Crippen molar-refractivity contribution >= 4 is 29.7 Å². The number of hydrogen-bond acceptors (Lipinski definition) is 8. The highest BCUT2D eigenvalue weighted by atomic mass is 35.5. The van der Waals surface area contributed by atoms with E-state index in [1.807, 2.05) is 6.92 Å². The molecule has 35 heavy (non-hydrogen) atoms. The van der Waals surface area contributed by atoms with Crippen molar-refractivity contribution in [1.29, 1.82) is 0 Å². The standard InChI is InChI=1S/C25H21ClN2O7/c1-15-9-18(5-6-19(15)26)32-13-24(29)28-27-12-16-3-7-21(22(10-16)31-2)35-25(30)17-4-8-20-23(11-17)34-14-33-20/h3-12H,13-14H2,1-2H3,(H,28,29)/b27-12+. The summed E-state index contributed by atoms with van der Waals surface area (Å²) in [4.78, 5) is 24.5. The lowest BCUT2D eigenvalue weighted by Gasteiger charge is -2.10. The van der Waals surface area contributed by atoms with Crippen molar-refractivity contribution in [2.24, 2.45) is 5.10 Å². The Balaban J connectivity index is 1.33. The van der Waals surface area contributed by atoms with Crippen LogP contribution in [0.1, 0.15) is 21.5 Å². The zero-order chi connectivity index (χ0) is 24.8. The third-order valence-corrected chi connectivity index (χ3v) is 5.32. The molecule has 10 heteroatoms. The van der Waals surface area contributed by atoms with E-state index in [1.165, 1.54) is 13.3 Å². The molecule has 0 radical (unpaired) electrons. The molecule has 1 heterocycles. The number of fused-ring (bicyclic) bond motifs is 1. The van der Waals surface area contributed by atoms with Crippen molar-refractivity contribution in [1.82, 2.24) is 5.43 Å². The monoisotopic (exact) mass is 496 g/mol. The molecule has 1 amide bonds. The van der Waals surface area contributed by atoms with Crippen LogP contribution in [0.4, 0.5) is 0 Å². The lowest BCUT2D eigenvalue weighted by Crippen LogP contribution is -2.24. The number of hydrazone groups is 1. The van der Waals surface area contributed by atoms with Crippen molar-refractivity contribution < 1.29 is 33.3 Å². The summed E-state index contributed by atoms with van der Waals surface area (Å²) in [6, 6.07) is 14.8. The highest BCUT2D eigenvalue weighted by Crippen LogP contribution is 2.34. The summed E-state index contributed by atoms with van der Waals surface area (Å²) in [5.74, 6) is 1.11. The van der Waals surface area contributed by atoms with Crippen LogP contribution in [0.5, 0.6) is 28.7 Å². The van der Waals surface area contributed by atoms with Gasteiger partial charge in [-0.3, -0.25) is 4.79 Å². The number of nitrogens with zero attached hydrogens (tertiary/aromatic N) is 1. The summed E-state index contributed by atoms with van der Waals surface area (Å²) in [5.41, 5.74) is 4.15. The minimum Gasteiger partial charge on any atom is -0.493 e. The summed E-state index contributed by atoms with van der Waals surface area (Å²) in [6.07, 6.45) is 1.43. The van der Waals surface area contributed by atoms with Crippen LogP contribution in [-0.2, 0) is 4.79 Å². The van der Waals surface area contributed by atoms with E-state index in [2.05, 4.69) is 10.5 Å². The van der Waals surface area contributed by atoms with Crippen molar-refractivity contribution in [2.75, 3.05) is 20.5 Å². The molecule has 0 spiro atoms. The Kier molecular flexibility index (Phi) is 7.37. The Hall–Kier alpha value is -4.24. The normalized spacial score (nSPS) is 11.9. The summed E-state index contributed by atoms with van der Waals surface area (Å²) in [5, 5.41) is 4.54. The van der Waals surface area contributed by atoms with Crippen LogP contribution in [0.25, 0.3) is 0 Å². The molecule has 3 aromatic rings. The molecule has 1 aliphatic rings. The lowest BCUT2D eigenvalue weighted by molar-refractivity contribution is -0.123. The molecule has 0 fully saturated rings. The molecule has 0 bridgehead atoms. The molecule has 1 N–H and O–H groups in total. The molecular weight excluding hydrogens is 476 g/mol. The third-order valence-electron chi connectivity index (χ3n) is 4.90. The molecule has 180 valence electrons. The summed E-state index contributed by atoms with van der Waals surface area (Å²) in [7, 11) is 1.45. The largest absolute Gasteiger partial charge is 0.493 e. The highest BCUT2D eigenvalue weighted by molar-refractivity contribution is 6.31. The number of rotatable bonds is 8. The molecule has 0 saturated heterocycles. The summed E-state index contributed by atoms with van der Waals surface area (Å²) in [6.45, 7) is 1.74. The quantitative estimate of drug-likeness (QED) is 0.216. The molecule has 0 unspecified atom stereocenters. The van der Waals surface area contributed by atoms with Gasteiger partial charge in [-0.05, 0) is 72.6 Å². The van der Waals surface area contributed by atoms with Crippen LogP contribution in [0.15, 0.2) is 59.7 Å². The smallest absolute Gasteiger partial charge is 0.343 e. The van der Waals surface area contributed by atoms with Gasteiger partial charge in [0.1, 0.15) is 5.75 Å². The molecule has 1 aliphatic heterocycles. The minimum atomic E-state index is -0.578. The van der Waals surface area contributed by atoms with E-state index in [0.29, 0.717) is 39.1 Å². The van der Waals surface area contributed by atoms with Gasteiger partial charge in [0.05, 0.1) is 18.9 Å². The van der Waals surface area contributed by atoms with E-state index >= 15 is 0 Å². The average Bonchev–Trinajstić information content (AvgIpc) is 3.33. The van der Waals surface area contributed by atoms with Gasteiger partial charge in [0.15, 0.2) is 29.6 Å². The van der Waals surface area contributed by atoms with Crippen LogP contribution in [0, 0.1) is 6.92 Å². The number of hydrogen-bond donors (Lipinski definition) is 1. The van der Waals surface area contributed by atoms with E-state index in [4.69, 9.17) is 35.3 Å². The number of amides is 1. The van der Waals surface area contributed by atoms with Gasteiger partial charge in [-0.25, -0.2) is 10.2 Å². The van der Waals surface area contributed by atoms with Gasteiger partial charge in [-0.2, -0.15) is 5.10 Å². The van der Waals surface area contributed by atoms with Gasteiger partial charge in [0.2, 0.25) is 6.79 Å². The number of carbonyl (C=O) groups is 2. The predicted octanol–water partition coefficient (Wildman–Crippen LogP) is 4.13. The Labute approximate surface area is 206 Å². The average molecular weight is 497 g/mol. The van der Waals surface area contributed by atoms with Crippen LogP contribution in [-0.4, -0.2) is 38.6 Å². The summed E-state index contributed by atoms with van der Waals surface area (Å²) < 4.78 is 26.8. The zero-order valence-corrected chi connectivity index (χ0v) is 19.6. The fourth-order valence-corrected chi connectivity index (χ4v) is 3.22. The van der Waals surface area contributed by atoms with E-state index in [0.717, 1.165) is 5.56 Å². The van der Waals surface area contributed by atoms with Crippen LogP contribution in [0.3, 0.4) is 0 Å².